The summed E-state index contributed by atoms with van der Waals surface area (Å²) in [6, 6.07) is 20.7. The molecule has 2 amide bonds. The van der Waals surface area contributed by atoms with Crippen molar-refractivity contribution in [2.75, 3.05) is 39.6 Å². The van der Waals surface area contributed by atoms with Gasteiger partial charge in [-0.3, -0.25) is 9.59 Å². The highest BCUT2D eigenvalue weighted by molar-refractivity contribution is 7.89. The lowest BCUT2D eigenvalue weighted by Gasteiger charge is -2.27. The molecule has 1 aromatic heterocycles. The Hall–Kier alpha value is -4.68. The fourth-order valence-corrected chi connectivity index (χ4v) is 7.19. The second kappa shape index (κ2) is 16.6. The number of amides is 2. The van der Waals surface area contributed by atoms with Crippen LogP contribution in [0.25, 0.3) is 0 Å². The van der Waals surface area contributed by atoms with Gasteiger partial charge in [0.05, 0.1) is 18.6 Å². The molecule has 1 heterocycles. The van der Waals surface area contributed by atoms with E-state index in [0.29, 0.717) is 59.3 Å². The van der Waals surface area contributed by atoms with Crippen LogP contribution in [-0.4, -0.2) is 74.8 Å². The molecule has 12 heteroatoms. The Balaban J connectivity index is 1.57. The minimum absolute atomic E-state index is 0.0748. The number of nitrogens with zero attached hydrogens (tertiary/aromatic N) is 3. The third kappa shape index (κ3) is 9.93. The maximum atomic E-state index is 13.9. The number of methoxy groups -OCH3 is 1. The largest absolute Gasteiger partial charge is 0.497 e. The fraction of sp³-hybridized carbons (Fsp3) is 0.378. The highest BCUT2D eigenvalue weighted by Crippen LogP contribution is 2.23. The first-order valence-electron chi connectivity index (χ1n) is 16.3. The molecule has 2 N–H and O–H groups in total. The van der Waals surface area contributed by atoms with E-state index in [1.165, 1.54) is 16.3 Å². The molecule has 0 aliphatic rings. The number of hydrogen-bond donors (Lipinski definition) is 2. The summed E-state index contributed by atoms with van der Waals surface area (Å²) in [4.78, 5) is 33.5. The summed E-state index contributed by atoms with van der Waals surface area (Å²) in [6.07, 6.45) is 0.848. The second-order valence-corrected chi connectivity index (χ2v) is 14.5. The maximum Gasteiger partial charge on any atom is 0.254 e. The second-order valence-electron chi connectivity index (χ2n) is 12.5. The molecular weight excluding hydrogens is 643 g/mol. The van der Waals surface area contributed by atoms with Crippen LogP contribution in [0.15, 0.2) is 82.1 Å². The molecule has 3 aromatic carbocycles. The molecule has 4 rings (SSSR count). The van der Waals surface area contributed by atoms with E-state index in [0.717, 1.165) is 5.56 Å². The summed E-state index contributed by atoms with van der Waals surface area (Å²) in [7, 11) is 1.11. The van der Waals surface area contributed by atoms with Gasteiger partial charge in [0.15, 0.2) is 5.89 Å². The number of carbonyl (C=O) groups excluding carboxylic acids is 2. The molecule has 0 spiro atoms. The molecule has 0 aliphatic carbocycles. The molecule has 0 radical (unpaired) electrons. The minimum atomic E-state index is -3.82. The lowest BCUT2D eigenvalue weighted by molar-refractivity contribution is 0.0783. The highest BCUT2D eigenvalue weighted by atomic mass is 32.2. The van der Waals surface area contributed by atoms with Gasteiger partial charge in [0.2, 0.25) is 10.0 Å². The lowest BCUT2D eigenvalue weighted by Crippen LogP contribution is -2.42. The third-order valence-electron chi connectivity index (χ3n) is 8.12. The number of benzene rings is 3. The van der Waals surface area contributed by atoms with E-state index in [9.17, 15) is 18.0 Å². The summed E-state index contributed by atoms with van der Waals surface area (Å²) in [5.74, 6) is 1.17. The number of carbonyl (C=O) groups is 2. The number of ether oxygens (including phenoxy) is 1. The van der Waals surface area contributed by atoms with Crippen LogP contribution < -0.4 is 15.4 Å². The molecule has 4 aromatic rings. The molecule has 0 aliphatic heterocycles. The van der Waals surface area contributed by atoms with E-state index in [1.54, 1.807) is 70.4 Å². The summed E-state index contributed by atoms with van der Waals surface area (Å²) in [5.41, 5.74) is 2.92. The molecule has 1 atom stereocenters. The first-order chi connectivity index (χ1) is 23.3. The van der Waals surface area contributed by atoms with Crippen molar-refractivity contribution in [1.82, 2.24) is 19.5 Å². The van der Waals surface area contributed by atoms with E-state index in [2.05, 4.69) is 15.6 Å². The van der Waals surface area contributed by atoms with Crippen molar-refractivity contribution in [1.29, 1.82) is 0 Å². The smallest absolute Gasteiger partial charge is 0.254 e. The number of hydrogen-bond acceptors (Lipinski definition) is 8. The van der Waals surface area contributed by atoms with Gasteiger partial charge in [0, 0.05) is 57.0 Å². The summed E-state index contributed by atoms with van der Waals surface area (Å²) in [5, 5.41) is 6.19. The van der Waals surface area contributed by atoms with E-state index in [1.807, 2.05) is 44.2 Å². The third-order valence-corrected chi connectivity index (χ3v) is 10.00. The van der Waals surface area contributed by atoms with Gasteiger partial charge in [0.25, 0.3) is 11.8 Å². The quantitative estimate of drug-likeness (QED) is 0.153. The fourth-order valence-electron chi connectivity index (χ4n) is 5.57. The van der Waals surface area contributed by atoms with Gasteiger partial charge in [0.1, 0.15) is 17.2 Å². The normalized spacial score (nSPS) is 12.2. The van der Waals surface area contributed by atoms with Crippen molar-refractivity contribution in [3.05, 3.63) is 107 Å². The molecular formula is C37H47N5O6S. The molecule has 0 unspecified atom stereocenters. The van der Waals surface area contributed by atoms with Crippen LogP contribution in [0.1, 0.15) is 63.9 Å². The van der Waals surface area contributed by atoms with Crippen molar-refractivity contribution in [3.63, 3.8) is 0 Å². The number of aromatic nitrogens is 1. The summed E-state index contributed by atoms with van der Waals surface area (Å²) < 4.78 is 39.8. The van der Waals surface area contributed by atoms with Gasteiger partial charge < -0.3 is 24.7 Å². The monoisotopic (exact) mass is 689 g/mol. The Morgan fingerprint density at radius 3 is 2.24 bits per heavy atom. The minimum Gasteiger partial charge on any atom is -0.497 e. The number of nitrogens with one attached hydrogen (secondary N) is 2. The first kappa shape index (κ1) is 37.1. The Kier molecular flexibility index (Phi) is 12.6. The van der Waals surface area contributed by atoms with E-state index in [-0.39, 0.29) is 35.7 Å². The van der Waals surface area contributed by atoms with Crippen LogP contribution in [-0.2, 0) is 23.0 Å². The van der Waals surface area contributed by atoms with Crippen LogP contribution in [0, 0.1) is 19.8 Å². The van der Waals surface area contributed by atoms with E-state index in [4.69, 9.17) is 9.15 Å². The highest BCUT2D eigenvalue weighted by Gasteiger charge is 2.27. The van der Waals surface area contributed by atoms with Crippen molar-refractivity contribution >= 4 is 27.5 Å². The van der Waals surface area contributed by atoms with Crippen molar-refractivity contribution < 1.29 is 27.2 Å². The zero-order valence-electron chi connectivity index (χ0n) is 29.3. The van der Waals surface area contributed by atoms with Crippen LogP contribution in [0.2, 0.25) is 0 Å². The van der Waals surface area contributed by atoms with E-state index >= 15 is 0 Å². The number of aryl methyl sites for hydroxylation is 2. The zero-order valence-corrected chi connectivity index (χ0v) is 30.1. The standard InChI is InChI=1S/C37H47N5O6S/c1-25(2)23-42(49(45,46)34-15-13-33(47-7)14-16-34)18-17-31(19-28-11-9-8-10-12-28)40-36(43)29-20-30(22-32(21-29)38-5)37(44)41(6)24-35-26(3)48-27(4)39-35/h8-16,20-22,25,31,38H,17-19,23-24H2,1-7H3,(H,40,43)/t31-/m1/s1. The van der Waals surface area contributed by atoms with Gasteiger partial charge in [-0.15, -0.1) is 0 Å². The number of rotatable bonds is 16. The van der Waals surface area contributed by atoms with Gasteiger partial charge in [-0.05, 0) is 73.7 Å². The molecule has 0 fully saturated rings. The molecule has 49 heavy (non-hydrogen) atoms. The average molecular weight is 690 g/mol. The molecule has 0 saturated heterocycles. The van der Waals surface area contributed by atoms with Crippen molar-refractivity contribution in [3.8, 4) is 5.75 Å². The maximum absolute atomic E-state index is 13.9. The molecule has 0 saturated carbocycles. The topological polar surface area (TPSA) is 134 Å². The summed E-state index contributed by atoms with van der Waals surface area (Å²) >= 11 is 0. The van der Waals surface area contributed by atoms with Crippen LogP contribution >= 0.6 is 0 Å². The van der Waals surface area contributed by atoms with Crippen LogP contribution in [0.4, 0.5) is 5.69 Å². The molecule has 11 nitrogen and oxygen atoms in total. The van der Waals surface area contributed by atoms with Crippen LogP contribution in [0.3, 0.4) is 0 Å². The molecule has 262 valence electrons. The predicted molar refractivity (Wildman–Crippen MR) is 190 cm³/mol. The Bertz CT molecular complexity index is 1820. The van der Waals surface area contributed by atoms with Gasteiger partial charge in [-0.1, -0.05) is 44.2 Å². The van der Waals surface area contributed by atoms with Crippen molar-refractivity contribution in [2.24, 2.45) is 5.92 Å². The Morgan fingerprint density at radius 2 is 1.65 bits per heavy atom. The zero-order chi connectivity index (χ0) is 35.7. The Labute approximate surface area is 289 Å². The Morgan fingerprint density at radius 1 is 0.980 bits per heavy atom. The van der Waals surface area contributed by atoms with E-state index < -0.39 is 16.1 Å². The first-order valence-corrected chi connectivity index (χ1v) is 17.7. The van der Waals surface area contributed by atoms with Crippen LogP contribution in [0.5, 0.6) is 5.75 Å². The summed E-state index contributed by atoms with van der Waals surface area (Å²) in [6.45, 7) is 8.26. The SMILES string of the molecule is CNc1cc(C(=O)N[C@H](CCN(CC(C)C)S(=O)(=O)c2ccc(OC)cc2)Cc2ccccc2)cc(C(=O)N(C)Cc2nc(C)oc2C)c1. The lowest BCUT2D eigenvalue weighted by atomic mass is 10.0. The van der Waals surface area contributed by atoms with Crippen molar-refractivity contribution in [2.45, 2.75) is 58.0 Å². The predicted octanol–water partition coefficient (Wildman–Crippen LogP) is 5.69. The number of sulfonamides is 1. The number of anilines is 1. The molecule has 0 bridgehead atoms. The van der Waals surface area contributed by atoms with Gasteiger partial charge in [-0.2, -0.15) is 4.31 Å². The van der Waals surface area contributed by atoms with Gasteiger partial charge >= 0.3 is 0 Å². The number of oxazole rings is 1. The van der Waals surface area contributed by atoms with Gasteiger partial charge in [-0.25, -0.2) is 13.4 Å². The average Bonchev–Trinajstić information content (AvgIpc) is 3.41.